The number of nitro benzene ring substituents is 1. The van der Waals surface area contributed by atoms with Crippen LogP contribution in [-0.4, -0.2) is 36.0 Å². The van der Waals surface area contributed by atoms with E-state index in [4.69, 9.17) is 0 Å². The van der Waals surface area contributed by atoms with E-state index < -0.39 is 4.92 Å². The van der Waals surface area contributed by atoms with Gasteiger partial charge in [0.1, 0.15) is 6.07 Å². The highest BCUT2D eigenvalue weighted by atomic mass is 16.6. The van der Waals surface area contributed by atoms with Crippen LogP contribution in [0.3, 0.4) is 0 Å². The summed E-state index contributed by atoms with van der Waals surface area (Å²) in [7, 11) is 4.18. The smallest absolute Gasteiger partial charge is 0.270 e. The molecule has 0 heterocycles. The quantitative estimate of drug-likeness (QED) is 0.667. The topological polar surface area (TPSA) is 82.2 Å². The van der Waals surface area contributed by atoms with Crippen LogP contribution in [-0.2, 0) is 0 Å². The summed E-state index contributed by atoms with van der Waals surface area (Å²) in [4.78, 5) is 12.6. The summed E-state index contributed by atoms with van der Waals surface area (Å²) in [6.07, 6.45) is 5.96. The Morgan fingerprint density at radius 2 is 2.05 bits per heavy atom. The van der Waals surface area contributed by atoms with E-state index >= 15 is 0 Å². The van der Waals surface area contributed by atoms with Crippen LogP contribution in [0.5, 0.6) is 0 Å². The average molecular weight is 302 g/mol. The van der Waals surface area contributed by atoms with Gasteiger partial charge in [-0.15, -0.1) is 0 Å². The molecular formula is C16H22N4O2. The van der Waals surface area contributed by atoms with Crippen molar-refractivity contribution >= 4 is 11.4 Å². The summed E-state index contributed by atoms with van der Waals surface area (Å²) in [5, 5.41) is 23.3. The van der Waals surface area contributed by atoms with E-state index in [1.165, 1.54) is 31.4 Å². The molecule has 0 unspecified atom stereocenters. The molecule has 1 aliphatic carbocycles. The normalized spacial score (nSPS) is 17.0. The third-order valence-electron chi connectivity index (χ3n) is 4.68. The second-order valence-electron chi connectivity index (χ2n) is 6.13. The van der Waals surface area contributed by atoms with Crippen LogP contribution in [0.25, 0.3) is 0 Å². The molecule has 0 spiro atoms. The molecule has 1 N–H and O–H groups in total. The van der Waals surface area contributed by atoms with Crippen molar-refractivity contribution in [3.63, 3.8) is 0 Å². The maximum Gasteiger partial charge on any atom is 0.270 e. The predicted molar refractivity (Wildman–Crippen MR) is 85.8 cm³/mol. The van der Waals surface area contributed by atoms with Crippen LogP contribution in [0, 0.1) is 21.4 Å². The summed E-state index contributed by atoms with van der Waals surface area (Å²) in [5.74, 6) is 0. The molecule has 22 heavy (non-hydrogen) atoms. The van der Waals surface area contributed by atoms with E-state index in [0.717, 1.165) is 19.4 Å². The van der Waals surface area contributed by atoms with E-state index in [1.54, 1.807) is 6.07 Å². The number of hydrogen-bond donors (Lipinski definition) is 1. The summed E-state index contributed by atoms with van der Waals surface area (Å²) in [6, 6.07) is 6.43. The Balaban J connectivity index is 2.16. The maximum absolute atomic E-state index is 10.8. The lowest BCUT2D eigenvalue weighted by Crippen LogP contribution is -2.51. The summed E-state index contributed by atoms with van der Waals surface area (Å²) < 4.78 is 0. The highest BCUT2D eigenvalue weighted by Gasteiger charge is 2.34. The van der Waals surface area contributed by atoms with Crippen LogP contribution in [0.1, 0.15) is 37.7 Å². The largest absolute Gasteiger partial charge is 0.382 e. The van der Waals surface area contributed by atoms with Gasteiger partial charge in [-0.2, -0.15) is 5.26 Å². The first-order chi connectivity index (χ1) is 10.5. The average Bonchev–Trinajstić information content (AvgIpc) is 2.53. The van der Waals surface area contributed by atoms with E-state index in [2.05, 4.69) is 24.3 Å². The number of nitriles is 1. The zero-order valence-electron chi connectivity index (χ0n) is 13.1. The molecule has 1 aromatic rings. The Morgan fingerprint density at radius 1 is 1.36 bits per heavy atom. The molecule has 1 saturated carbocycles. The van der Waals surface area contributed by atoms with E-state index in [0.29, 0.717) is 11.3 Å². The monoisotopic (exact) mass is 302 g/mol. The number of anilines is 1. The fraction of sp³-hybridized carbons (Fsp3) is 0.562. The molecule has 1 fully saturated rings. The first-order valence-electron chi connectivity index (χ1n) is 7.58. The first kappa shape index (κ1) is 16.2. The van der Waals surface area contributed by atoms with Crippen LogP contribution in [0.2, 0.25) is 0 Å². The molecular weight excluding hydrogens is 280 g/mol. The van der Waals surface area contributed by atoms with Gasteiger partial charge >= 0.3 is 0 Å². The molecule has 1 aliphatic rings. The molecule has 0 aliphatic heterocycles. The molecule has 0 aromatic heterocycles. The standard InChI is InChI=1S/C16H22N4O2/c1-19(2)16(8-4-3-5-9-16)12-18-15-7-6-14(20(21)22)10-13(15)11-17/h6-7,10,18H,3-5,8-9,12H2,1-2H3. The molecule has 0 radical (unpaired) electrons. The maximum atomic E-state index is 10.8. The second-order valence-corrected chi connectivity index (χ2v) is 6.13. The number of rotatable bonds is 5. The first-order valence-corrected chi connectivity index (χ1v) is 7.58. The van der Waals surface area contributed by atoms with Crippen LogP contribution in [0.4, 0.5) is 11.4 Å². The van der Waals surface area contributed by atoms with E-state index in [-0.39, 0.29) is 11.2 Å². The Hall–Kier alpha value is -2.13. The van der Waals surface area contributed by atoms with Gasteiger partial charge in [-0.1, -0.05) is 19.3 Å². The Bertz CT molecular complexity index is 586. The molecule has 6 heteroatoms. The molecule has 0 atom stereocenters. The highest BCUT2D eigenvalue weighted by Crippen LogP contribution is 2.33. The molecule has 118 valence electrons. The highest BCUT2D eigenvalue weighted by molar-refractivity contribution is 5.61. The van der Waals surface area contributed by atoms with Gasteiger partial charge in [0.25, 0.3) is 5.69 Å². The number of benzene rings is 1. The lowest BCUT2D eigenvalue weighted by atomic mass is 9.80. The second kappa shape index (κ2) is 6.75. The third kappa shape index (κ3) is 3.37. The minimum absolute atomic E-state index is 0.0536. The number of nitrogens with one attached hydrogen (secondary N) is 1. The molecule has 2 rings (SSSR count). The van der Waals surface area contributed by atoms with Gasteiger partial charge in [0.15, 0.2) is 0 Å². The minimum Gasteiger partial charge on any atom is -0.382 e. The SMILES string of the molecule is CN(C)C1(CNc2ccc([N+](=O)[O-])cc2C#N)CCCCC1. The van der Waals surface area contributed by atoms with Gasteiger partial charge in [0, 0.05) is 24.2 Å². The van der Waals surface area contributed by atoms with Crippen LogP contribution >= 0.6 is 0 Å². The number of nitro groups is 1. The third-order valence-corrected chi connectivity index (χ3v) is 4.68. The zero-order chi connectivity index (χ0) is 16.2. The summed E-state index contributed by atoms with van der Waals surface area (Å²) in [5.41, 5.74) is 1.02. The Kier molecular flexibility index (Phi) is 4.99. The van der Waals surface area contributed by atoms with Gasteiger partial charge in [-0.05, 0) is 33.0 Å². The Labute approximate surface area is 130 Å². The number of likely N-dealkylation sites (N-methyl/N-ethyl adjacent to an activating group) is 1. The fourth-order valence-electron chi connectivity index (χ4n) is 3.14. The lowest BCUT2D eigenvalue weighted by Gasteiger charge is -2.43. The predicted octanol–water partition coefficient (Wildman–Crippen LogP) is 3.14. The van der Waals surface area contributed by atoms with Crippen molar-refractivity contribution in [3.05, 3.63) is 33.9 Å². The van der Waals surface area contributed by atoms with Crippen LogP contribution in [0.15, 0.2) is 18.2 Å². The van der Waals surface area contributed by atoms with Crippen LogP contribution < -0.4 is 5.32 Å². The van der Waals surface area contributed by atoms with Crippen molar-refractivity contribution < 1.29 is 4.92 Å². The minimum atomic E-state index is -0.479. The summed E-state index contributed by atoms with van der Waals surface area (Å²) >= 11 is 0. The Morgan fingerprint density at radius 3 is 2.59 bits per heavy atom. The molecule has 0 bridgehead atoms. The molecule has 1 aromatic carbocycles. The number of nitrogens with zero attached hydrogens (tertiary/aromatic N) is 3. The van der Waals surface area contributed by atoms with E-state index in [1.807, 2.05) is 6.07 Å². The molecule has 6 nitrogen and oxygen atoms in total. The number of non-ortho nitro benzene ring substituents is 1. The number of hydrogen-bond acceptors (Lipinski definition) is 5. The van der Waals surface area contributed by atoms with Crippen molar-refractivity contribution in [2.75, 3.05) is 26.0 Å². The van der Waals surface area contributed by atoms with Gasteiger partial charge in [-0.25, -0.2) is 0 Å². The summed E-state index contributed by atoms with van der Waals surface area (Å²) in [6.45, 7) is 0.743. The molecule has 0 saturated heterocycles. The zero-order valence-corrected chi connectivity index (χ0v) is 13.1. The van der Waals surface area contributed by atoms with Gasteiger partial charge in [0.05, 0.1) is 16.2 Å². The van der Waals surface area contributed by atoms with Crippen molar-refractivity contribution in [2.45, 2.75) is 37.6 Å². The van der Waals surface area contributed by atoms with Gasteiger partial charge in [-0.3, -0.25) is 10.1 Å². The van der Waals surface area contributed by atoms with Crippen molar-refractivity contribution in [2.24, 2.45) is 0 Å². The van der Waals surface area contributed by atoms with E-state index in [9.17, 15) is 15.4 Å². The fourth-order valence-corrected chi connectivity index (χ4v) is 3.14. The van der Waals surface area contributed by atoms with Gasteiger partial charge in [0.2, 0.25) is 0 Å². The van der Waals surface area contributed by atoms with Crippen molar-refractivity contribution in [1.29, 1.82) is 5.26 Å². The van der Waals surface area contributed by atoms with Crippen molar-refractivity contribution in [3.8, 4) is 6.07 Å². The lowest BCUT2D eigenvalue weighted by molar-refractivity contribution is -0.384. The van der Waals surface area contributed by atoms with Crippen molar-refractivity contribution in [1.82, 2.24) is 4.90 Å². The van der Waals surface area contributed by atoms with Gasteiger partial charge < -0.3 is 10.2 Å². The molecule has 0 amide bonds.